The van der Waals surface area contributed by atoms with Crippen molar-refractivity contribution in [2.24, 2.45) is 13.0 Å². The summed E-state index contributed by atoms with van der Waals surface area (Å²) in [6.07, 6.45) is 5.17. The first kappa shape index (κ1) is 16.7. The van der Waals surface area contributed by atoms with Crippen LogP contribution < -0.4 is 0 Å². The molecule has 1 saturated heterocycles. The molecule has 2 unspecified atom stereocenters. The van der Waals surface area contributed by atoms with E-state index in [0.29, 0.717) is 18.8 Å². The highest BCUT2D eigenvalue weighted by Gasteiger charge is 2.30. The maximum atomic E-state index is 12.6. The summed E-state index contributed by atoms with van der Waals surface area (Å²) < 4.78 is 1.84. The standard InChI is InChI=1S/C19H25N3O2/c1-14-5-7-15(8-6-14)12-17(23)22-10-3-4-16(13-22)18(24)19-20-9-11-21(19)2/h5-9,11,16,18,24H,3-4,10,12-13H2,1-2H3. The van der Waals surface area contributed by atoms with E-state index >= 15 is 0 Å². The molecule has 5 nitrogen and oxygen atoms in total. The molecule has 3 rings (SSSR count). The van der Waals surface area contributed by atoms with Gasteiger partial charge in [-0.25, -0.2) is 4.98 Å². The monoisotopic (exact) mass is 327 g/mol. The van der Waals surface area contributed by atoms with E-state index in [9.17, 15) is 9.90 Å². The quantitative estimate of drug-likeness (QED) is 0.937. The van der Waals surface area contributed by atoms with Gasteiger partial charge in [-0.1, -0.05) is 29.8 Å². The highest BCUT2D eigenvalue weighted by molar-refractivity contribution is 5.78. The van der Waals surface area contributed by atoms with Gasteiger partial charge < -0.3 is 14.6 Å². The second kappa shape index (κ2) is 7.18. The van der Waals surface area contributed by atoms with E-state index < -0.39 is 6.10 Å². The minimum Gasteiger partial charge on any atom is -0.385 e. The third-order valence-corrected chi connectivity index (χ3v) is 4.86. The number of benzene rings is 1. The van der Waals surface area contributed by atoms with Crippen molar-refractivity contribution >= 4 is 5.91 Å². The Labute approximate surface area is 142 Å². The first-order valence-electron chi connectivity index (χ1n) is 8.53. The van der Waals surface area contributed by atoms with E-state index in [1.54, 1.807) is 6.20 Å². The molecule has 1 aliphatic heterocycles. The highest BCUT2D eigenvalue weighted by Crippen LogP contribution is 2.29. The number of amides is 1. The molecule has 0 spiro atoms. The van der Waals surface area contributed by atoms with Crippen molar-refractivity contribution in [1.82, 2.24) is 14.5 Å². The number of carbonyl (C=O) groups excluding carboxylic acids is 1. The average Bonchev–Trinajstić information content (AvgIpc) is 3.02. The molecule has 1 amide bonds. The molecule has 5 heteroatoms. The van der Waals surface area contributed by atoms with Gasteiger partial charge in [0.05, 0.1) is 6.42 Å². The van der Waals surface area contributed by atoms with Crippen LogP contribution in [0.15, 0.2) is 36.7 Å². The molecule has 2 atom stereocenters. The SMILES string of the molecule is Cc1ccc(CC(=O)N2CCCC(C(O)c3nccn3C)C2)cc1. The number of rotatable bonds is 4. The molecule has 0 aliphatic carbocycles. The van der Waals surface area contributed by atoms with Crippen LogP contribution in [0.1, 0.15) is 35.9 Å². The normalized spacial score (nSPS) is 19.3. The van der Waals surface area contributed by atoms with Gasteiger partial charge in [-0.2, -0.15) is 0 Å². The van der Waals surface area contributed by atoms with Crippen molar-refractivity contribution in [1.29, 1.82) is 0 Å². The Kier molecular flexibility index (Phi) is 5.00. The lowest BCUT2D eigenvalue weighted by Gasteiger charge is -2.35. The van der Waals surface area contributed by atoms with Gasteiger partial charge in [0.2, 0.25) is 5.91 Å². The third kappa shape index (κ3) is 3.67. The van der Waals surface area contributed by atoms with E-state index in [1.165, 1.54) is 5.56 Å². The summed E-state index contributed by atoms with van der Waals surface area (Å²) >= 11 is 0. The van der Waals surface area contributed by atoms with E-state index in [0.717, 1.165) is 24.9 Å². The number of piperidine rings is 1. The Hall–Kier alpha value is -2.14. The van der Waals surface area contributed by atoms with Gasteiger partial charge in [0, 0.05) is 38.4 Å². The van der Waals surface area contributed by atoms with Crippen molar-refractivity contribution in [3.63, 3.8) is 0 Å². The summed E-state index contributed by atoms with van der Waals surface area (Å²) in [4.78, 5) is 18.7. The van der Waals surface area contributed by atoms with Gasteiger partial charge in [0.25, 0.3) is 0 Å². The van der Waals surface area contributed by atoms with Crippen LogP contribution in [-0.2, 0) is 18.3 Å². The number of imidazole rings is 1. The Bertz CT molecular complexity index is 693. The molecule has 0 saturated carbocycles. The Balaban J connectivity index is 1.63. The molecule has 1 N–H and O–H groups in total. The predicted molar refractivity (Wildman–Crippen MR) is 92.4 cm³/mol. The van der Waals surface area contributed by atoms with Gasteiger partial charge in [-0.05, 0) is 25.3 Å². The molecular formula is C19H25N3O2. The zero-order valence-corrected chi connectivity index (χ0v) is 14.4. The summed E-state index contributed by atoms with van der Waals surface area (Å²) in [5, 5.41) is 10.6. The van der Waals surface area contributed by atoms with E-state index in [1.807, 2.05) is 53.9 Å². The number of hydrogen-bond donors (Lipinski definition) is 1. The number of aliphatic hydroxyl groups is 1. The largest absolute Gasteiger partial charge is 0.385 e. The fourth-order valence-electron chi connectivity index (χ4n) is 3.36. The molecule has 1 aliphatic rings. The van der Waals surface area contributed by atoms with Crippen LogP contribution >= 0.6 is 0 Å². The summed E-state index contributed by atoms with van der Waals surface area (Å²) in [6.45, 7) is 3.41. The van der Waals surface area contributed by atoms with Crippen molar-refractivity contribution < 1.29 is 9.90 Å². The maximum absolute atomic E-state index is 12.6. The van der Waals surface area contributed by atoms with E-state index in [2.05, 4.69) is 4.98 Å². The summed E-state index contributed by atoms with van der Waals surface area (Å²) in [5.41, 5.74) is 2.24. The fourth-order valence-corrected chi connectivity index (χ4v) is 3.36. The van der Waals surface area contributed by atoms with Crippen molar-refractivity contribution in [2.75, 3.05) is 13.1 Å². The zero-order chi connectivity index (χ0) is 17.1. The van der Waals surface area contributed by atoms with Gasteiger partial charge in [0.15, 0.2) is 0 Å². The number of nitrogens with zero attached hydrogens (tertiary/aromatic N) is 3. The van der Waals surface area contributed by atoms with Gasteiger partial charge in [-0.15, -0.1) is 0 Å². The lowest BCUT2D eigenvalue weighted by molar-refractivity contribution is -0.133. The second-order valence-electron chi connectivity index (χ2n) is 6.75. The fraction of sp³-hybridized carbons (Fsp3) is 0.474. The van der Waals surface area contributed by atoms with Gasteiger partial charge in [0.1, 0.15) is 11.9 Å². The van der Waals surface area contributed by atoms with Crippen LogP contribution in [0.2, 0.25) is 0 Å². The average molecular weight is 327 g/mol. The van der Waals surface area contributed by atoms with Crippen LogP contribution in [0.3, 0.4) is 0 Å². The zero-order valence-electron chi connectivity index (χ0n) is 14.4. The molecule has 1 aromatic heterocycles. The van der Waals surface area contributed by atoms with Gasteiger partial charge >= 0.3 is 0 Å². The van der Waals surface area contributed by atoms with Crippen molar-refractivity contribution in [3.8, 4) is 0 Å². The van der Waals surface area contributed by atoms with Crippen molar-refractivity contribution in [3.05, 3.63) is 53.6 Å². The van der Waals surface area contributed by atoms with Crippen LogP contribution in [0.4, 0.5) is 0 Å². The molecule has 1 fully saturated rings. The number of carbonyl (C=O) groups is 1. The number of hydrogen-bond acceptors (Lipinski definition) is 3. The minimum absolute atomic E-state index is 0.0433. The number of aromatic nitrogens is 2. The first-order chi connectivity index (χ1) is 11.5. The number of aryl methyl sites for hydroxylation is 2. The Morgan fingerprint density at radius 3 is 2.79 bits per heavy atom. The summed E-state index contributed by atoms with van der Waals surface area (Å²) in [7, 11) is 1.88. The first-order valence-corrected chi connectivity index (χ1v) is 8.53. The number of likely N-dealkylation sites (tertiary alicyclic amines) is 1. The third-order valence-electron chi connectivity index (χ3n) is 4.86. The Morgan fingerprint density at radius 1 is 1.38 bits per heavy atom. The Morgan fingerprint density at radius 2 is 2.12 bits per heavy atom. The smallest absolute Gasteiger partial charge is 0.227 e. The van der Waals surface area contributed by atoms with Crippen LogP contribution in [0.25, 0.3) is 0 Å². The molecule has 0 bridgehead atoms. The molecule has 2 aromatic rings. The van der Waals surface area contributed by atoms with Gasteiger partial charge in [-0.3, -0.25) is 4.79 Å². The van der Waals surface area contributed by atoms with E-state index in [-0.39, 0.29) is 11.8 Å². The predicted octanol–water partition coefficient (Wildman–Crippen LogP) is 2.24. The van der Waals surface area contributed by atoms with Crippen LogP contribution in [-0.4, -0.2) is 38.6 Å². The topological polar surface area (TPSA) is 58.4 Å². The summed E-state index contributed by atoms with van der Waals surface area (Å²) in [5.74, 6) is 0.852. The molecule has 0 radical (unpaired) electrons. The molecule has 2 heterocycles. The van der Waals surface area contributed by atoms with Crippen LogP contribution in [0.5, 0.6) is 0 Å². The lowest BCUT2D eigenvalue weighted by Crippen LogP contribution is -2.42. The summed E-state index contributed by atoms with van der Waals surface area (Å²) in [6, 6.07) is 8.09. The highest BCUT2D eigenvalue weighted by atomic mass is 16.3. The minimum atomic E-state index is -0.625. The maximum Gasteiger partial charge on any atom is 0.227 e. The molecule has 1 aromatic carbocycles. The van der Waals surface area contributed by atoms with E-state index in [4.69, 9.17) is 0 Å². The second-order valence-corrected chi connectivity index (χ2v) is 6.75. The lowest BCUT2D eigenvalue weighted by atomic mass is 9.91. The molecular weight excluding hydrogens is 302 g/mol. The number of aliphatic hydroxyl groups excluding tert-OH is 1. The van der Waals surface area contributed by atoms with Crippen LogP contribution in [0, 0.1) is 12.8 Å². The van der Waals surface area contributed by atoms with Crippen molar-refractivity contribution in [2.45, 2.75) is 32.3 Å². The molecule has 128 valence electrons. The molecule has 24 heavy (non-hydrogen) atoms.